The number of ether oxygens (including phenoxy) is 2. The number of aromatic nitrogens is 1. The molecule has 1 aromatic heterocycles. The number of rotatable bonds is 2. The first-order chi connectivity index (χ1) is 8.29. The first-order valence-corrected chi connectivity index (χ1v) is 5.42. The predicted molar refractivity (Wildman–Crippen MR) is 60.6 cm³/mol. The van der Waals surface area contributed by atoms with Gasteiger partial charge in [-0.05, 0) is 6.07 Å². The van der Waals surface area contributed by atoms with Crippen LogP contribution >= 0.6 is 0 Å². The normalized spacial score (nSPS) is 27.5. The van der Waals surface area contributed by atoms with Gasteiger partial charge in [0.1, 0.15) is 18.3 Å². The van der Waals surface area contributed by atoms with Gasteiger partial charge in [0.25, 0.3) is 0 Å². The second-order valence-electron chi connectivity index (χ2n) is 3.90. The molecule has 0 aliphatic carbocycles. The Bertz CT molecular complexity index is 456. The van der Waals surface area contributed by atoms with Crippen LogP contribution in [-0.4, -0.2) is 41.7 Å². The van der Waals surface area contributed by atoms with Gasteiger partial charge in [0.05, 0.1) is 18.8 Å². The molecule has 0 unspecified atom stereocenters. The van der Waals surface area contributed by atoms with E-state index in [1.54, 1.807) is 0 Å². The first kappa shape index (κ1) is 10.6. The van der Waals surface area contributed by atoms with Crippen LogP contribution in [0.3, 0.4) is 0 Å². The molecule has 17 heavy (non-hydrogen) atoms. The van der Waals surface area contributed by atoms with Crippen molar-refractivity contribution in [2.24, 2.45) is 10.7 Å². The van der Waals surface area contributed by atoms with Crippen LogP contribution in [0.2, 0.25) is 0 Å². The van der Waals surface area contributed by atoms with Crippen LogP contribution in [0.15, 0.2) is 17.3 Å². The maximum atomic E-state index is 8.95. The second kappa shape index (κ2) is 4.02. The Balaban J connectivity index is 1.88. The van der Waals surface area contributed by atoms with E-state index in [1.807, 2.05) is 16.8 Å². The van der Waals surface area contributed by atoms with Crippen molar-refractivity contribution >= 4 is 11.7 Å². The van der Waals surface area contributed by atoms with E-state index >= 15 is 0 Å². The highest BCUT2D eigenvalue weighted by Gasteiger charge is 2.29. The van der Waals surface area contributed by atoms with E-state index in [4.69, 9.17) is 20.3 Å². The summed E-state index contributed by atoms with van der Waals surface area (Å²) in [5, 5.41) is 12.1. The summed E-state index contributed by atoms with van der Waals surface area (Å²) in [5.41, 5.74) is 6.66. The van der Waals surface area contributed by atoms with Gasteiger partial charge in [-0.1, -0.05) is 0 Å². The molecule has 2 aliphatic rings. The van der Waals surface area contributed by atoms with Gasteiger partial charge in [0.2, 0.25) is 0 Å². The summed E-state index contributed by atoms with van der Waals surface area (Å²) in [4.78, 5) is 4.10. The van der Waals surface area contributed by atoms with Crippen molar-refractivity contribution in [2.45, 2.75) is 12.5 Å². The Morgan fingerprint density at radius 1 is 1.65 bits per heavy atom. The van der Waals surface area contributed by atoms with Crippen molar-refractivity contribution in [3.8, 4) is 0 Å². The molecule has 0 bridgehead atoms. The number of amidine groups is 1. The molecule has 2 aliphatic heterocycles. The standard InChI is InChI=1S/C10H14N4O3/c11-9-6-1-2-14(10(6)13-5-12-9)7-4-16-8(3-15)17-7/h1-2,7-8,13,15H,3-5H2,(H2,11,12)/t7-,8-/m1/s1. The minimum atomic E-state index is -0.548. The van der Waals surface area contributed by atoms with Crippen LogP contribution in [-0.2, 0) is 9.47 Å². The van der Waals surface area contributed by atoms with Gasteiger partial charge >= 0.3 is 0 Å². The van der Waals surface area contributed by atoms with Crippen molar-refractivity contribution < 1.29 is 14.6 Å². The highest BCUT2D eigenvalue weighted by molar-refractivity contribution is 6.03. The topological polar surface area (TPSA) is 94.0 Å². The summed E-state index contributed by atoms with van der Waals surface area (Å²) in [7, 11) is 0. The number of nitrogens with one attached hydrogen (secondary N) is 1. The van der Waals surface area contributed by atoms with E-state index in [0.29, 0.717) is 19.1 Å². The monoisotopic (exact) mass is 238 g/mol. The van der Waals surface area contributed by atoms with E-state index in [9.17, 15) is 0 Å². The number of nitrogens with zero attached hydrogens (tertiary/aromatic N) is 2. The fourth-order valence-electron chi connectivity index (χ4n) is 2.05. The van der Waals surface area contributed by atoms with Crippen molar-refractivity contribution in [2.75, 3.05) is 25.2 Å². The van der Waals surface area contributed by atoms with E-state index < -0.39 is 6.29 Å². The Morgan fingerprint density at radius 3 is 3.29 bits per heavy atom. The number of aliphatic hydroxyl groups excluding tert-OH is 1. The number of fused-ring (bicyclic) bond motifs is 1. The Kier molecular flexibility index (Phi) is 2.50. The van der Waals surface area contributed by atoms with Crippen LogP contribution in [0.5, 0.6) is 0 Å². The van der Waals surface area contributed by atoms with Crippen molar-refractivity contribution in [3.63, 3.8) is 0 Å². The minimum Gasteiger partial charge on any atom is -0.391 e. The van der Waals surface area contributed by atoms with Crippen LogP contribution < -0.4 is 11.1 Å². The number of nitrogens with two attached hydrogens (primary N) is 1. The first-order valence-electron chi connectivity index (χ1n) is 5.42. The zero-order chi connectivity index (χ0) is 11.8. The molecule has 1 fully saturated rings. The number of aliphatic imine (C=N–C) groups is 1. The minimum absolute atomic E-state index is 0.142. The molecule has 0 aromatic carbocycles. The molecule has 92 valence electrons. The smallest absolute Gasteiger partial charge is 0.183 e. The van der Waals surface area contributed by atoms with Gasteiger partial charge in [0.15, 0.2) is 12.5 Å². The van der Waals surface area contributed by atoms with Gasteiger partial charge in [-0.25, -0.2) is 4.99 Å². The van der Waals surface area contributed by atoms with E-state index in [-0.39, 0.29) is 12.8 Å². The van der Waals surface area contributed by atoms with E-state index in [2.05, 4.69) is 10.3 Å². The summed E-state index contributed by atoms with van der Waals surface area (Å²) in [6.45, 7) is 0.724. The van der Waals surface area contributed by atoms with Gasteiger partial charge in [-0.15, -0.1) is 0 Å². The van der Waals surface area contributed by atoms with Crippen LogP contribution in [0, 0.1) is 0 Å². The summed E-state index contributed by atoms with van der Waals surface area (Å²) in [6, 6.07) is 1.88. The van der Waals surface area contributed by atoms with E-state index in [0.717, 1.165) is 11.4 Å². The number of anilines is 1. The van der Waals surface area contributed by atoms with Gasteiger partial charge < -0.3 is 30.2 Å². The number of hydrogen-bond acceptors (Lipinski definition) is 6. The predicted octanol–water partition coefficient (Wildman–Crippen LogP) is -0.560. The van der Waals surface area contributed by atoms with Crippen molar-refractivity contribution in [3.05, 3.63) is 17.8 Å². The Hall–Kier alpha value is -1.57. The average molecular weight is 238 g/mol. The molecular weight excluding hydrogens is 224 g/mol. The molecule has 0 radical (unpaired) electrons. The second-order valence-corrected chi connectivity index (χ2v) is 3.90. The largest absolute Gasteiger partial charge is 0.391 e. The van der Waals surface area contributed by atoms with Crippen LogP contribution in [0.25, 0.3) is 0 Å². The molecule has 1 aromatic rings. The third-order valence-corrected chi connectivity index (χ3v) is 2.88. The molecule has 0 spiro atoms. The molecule has 7 nitrogen and oxygen atoms in total. The summed E-state index contributed by atoms with van der Waals surface area (Å²) < 4.78 is 12.7. The fraction of sp³-hybridized carbons (Fsp3) is 0.500. The average Bonchev–Trinajstić information content (AvgIpc) is 2.94. The Labute approximate surface area is 97.8 Å². The summed E-state index contributed by atoms with van der Waals surface area (Å²) in [5.74, 6) is 1.40. The Morgan fingerprint density at radius 2 is 2.53 bits per heavy atom. The lowest BCUT2D eigenvalue weighted by molar-refractivity contribution is -0.0982. The van der Waals surface area contributed by atoms with Crippen LogP contribution in [0.1, 0.15) is 11.8 Å². The zero-order valence-corrected chi connectivity index (χ0v) is 9.17. The molecule has 4 N–H and O–H groups in total. The van der Waals surface area contributed by atoms with Gasteiger partial charge in [-0.3, -0.25) is 0 Å². The molecule has 3 rings (SSSR count). The molecule has 3 heterocycles. The summed E-state index contributed by atoms with van der Waals surface area (Å²) in [6.07, 6.45) is 1.08. The highest BCUT2D eigenvalue weighted by Crippen LogP contribution is 2.29. The fourth-order valence-corrected chi connectivity index (χ4v) is 2.05. The molecule has 1 saturated heterocycles. The molecule has 0 amide bonds. The van der Waals surface area contributed by atoms with Gasteiger partial charge in [0, 0.05) is 6.20 Å². The number of aliphatic hydroxyl groups is 1. The maximum absolute atomic E-state index is 8.95. The third kappa shape index (κ3) is 1.68. The molecule has 7 heteroatoms. The van der Waals surface area contributed by atoms with Crippen molar-refractivity contribution in [1.82, 2.24) is 4.57 Å². The lowest BCUT2D eigenvalue weighted by Crippen LogP contribution is -2.24. The summed E-state index contributed by atoms with van der Waals surface area (Å²) >= 11 is 0. The molecule has 2 atom stereocenters. The SMILES string of the molecule is NC1=NCNc2c1ccn2[C@H]1CO[C@@H](CO)O1. The lowest BCUT2D eigenvalue weighted by atomic mass is 10.2. The zero-order valence-electron chi connectivity index (χ0n) is 9.17. The molecular formula is C10H14N4O3. The van der Waals surface area contributed by atoms with Crippen LogP contribution in [0.4, 0.5) is 5.82 Å². The highest BCUT2D eigenvalue weighted by atomic mass is 16.7. The maximum Gasteiger partial charge on any atom is 0.183 e. The number of hydrogen-bond donors (Lipinski definition) is 3. The van der Waals surface area contributed by atoms with E-state index in [1.165, 1.54) is 0 Å². The quantitative estimate of drug-likeness (QED) is 0.642. The molecule has 0 saturated carbocycles. The lowest BCUT2D eigenvalue weighted by Gasteiger charge is -2.19. The van der Waals surface area contributed by atoms with Crippen molar-refractivity contribution in [1.29, 1.82) is 0 Å². The van der Waals surface area contributed by atoms with Gasteiger partial charge in [-0.2, -0.15) is 0 Å². The third-order valence-electron chi connectivity index (χ3n) is 2.88.